The van der Waals surface area contributed by atoms with Crippen LogP contribution in [0.15, 0.2) is 27.6 Å². The Labute approximate surface area is 108 Å². The van der Waals surface area contributed by atoms with Crippen LogP contribution >= 0.6 is 15.9 Å². The summed E-state index contributed by atoms with van der Waals surface area (Å²) in [7, 11) is 0. The van der Waals surface area contributed by atoms with E-state index in [1.807, 2.05) is 11.8 Å². The average molecular weight is 299 g/mol. The fourth-order valence-corrected chi connectivity index (χ4v) is 2.27. The molecule has 0 spiro atoms. The Morgan fingerprint density at radius 1 is 1.59 bits per heavy atom. The lowest BCUT2D eigenvalue weighted by molar-refractivity contribution is -0.132. The van der Waals surface area contributed by atoms with Crippen molar-refractivity contribution >= 4 is 21.8 Å². The standard InChI is InChI=1S/C12H15BrN2O2/c1-2-15(9-5-6-9)11(16)8-14-7-3-4-10(13)12(14)17/h3-4,7,9H,2,5-6,8H2,1H3. The summed E-state index contributed by atoms with van der Waals surface area (Å²) in [5.74, 6) is 0.0233. The number of aromatic nitrogens is 1. The Balaban J connectivity index is 2.12. The summed E-state index contributed by atoms with van der Waals surface area (Å²) in [6.45, 7) is 2.81. The van der Waals surface area contributed by atoms with Crippen molar-refractivity contribution in [2.75, 3.05) is 6.54 Å². The highest BCUT2D eigenvalue weighted by atomic mass is 79.9. The first-order valence-corrected chi connectivity index (χ1v) is 6.57. The highest BCUT2D eigenvalue weighted by Gasteiger charge is 2.31. The van der Waals surface area contributed by atoms with Crippen LogP contribution in [0.3, 0.4) is 0 Å². The minimum Gasteiger partial charge on any atom is -0.338 e. The molecule has 1 aliphatic rings. The number of pyridine rings is 1. The molecule has 1 aliphatic carbocycles. The minimum atomic E-state index is -0.160. The lowest BCUT2D eigenvalue weighted by Crippen LogP contribution is -2.37. The van der Waals surface area contributed by atoms with Gasteiger partial charge in [0.05, 0.1) is 4.47 Å². The minimum absolute atomic E-state index is 0.0233. The molecule has 1 saturated carbocycles. The van der Waals surface area contributed by atoms with Crippen molar-refractivity contribution < 1.29 is 4.79 Å². The molecule has 0 unspecified atom stereocenters. The van der Waals surface area contributed by atoms with Crippen LogP contribution in [-0.2, 0) is 11.3 Å². The maximum atomic E-state index is 12.0. The molecule has 1 heterocycles. The zero-order valence-electron chi connectivity index (χ0n) is 9.73. The molecular weight excluding hydrogens is 284 g/mol. The van der Waals surface area contributed by atoms with Gasteiger partial charge in [-0.2, -0.15) is 0 Å². The van der Waals surface area contributed by atoms with Crippen molar-refractivity contribution in [1.29, 1.82) is 0 Å². The SMILES string of the molecule is CCN(C(=O)Cn1cccc(Br)c1=O)C1CC1. The number of hydrogen-bond donors (Lipinski definition) is 0. The molecule has 0 aliphatic heterocycles. The number of carbonyl (C=O) groups excluding carboxylic acids is 1. The highest BCUT2D eigenvalue weighted by molar-refractivity contribution is 9.10. The molecule has 2 rings (SSSR count). The Kier molecular flexibility index (Phi) is 3.66. The molecule has 1 aromatic heterocycles. The summed E-state index contributed by atoms with van der Waals surface area (Å²) >= 11 is 3.17. The first-order valence-electron chi connectivity index (χ1n) is 5.78. The largest absolute Gasteiger partial charge is 0.338 e. The van der Waals surface area contributed by atoms with Crippen molar-refractivity contribution in [2.24, 2.45) is 0 Å². The van der Waals surface area contributed by atoms with E-state index >= 15 is 0 Å². The molecule has 1 fully saturated rings. The number of amides is 1. The van der Waals surface area contributed by atoms with E-state index in [1.165, 1.54) is 4.57 Å². The van der Waals surface area contributed by atoms with Crippen LogP contribution in [0.5, 0.6) is 0 Å². The van der Waals surface area contributed by atoms with Gasteiger partial charge in [-0.05, 0) is 47.8 Å². The third kappa shape index (κ3) is 2.77. The van der Waals surface area contributed by atoms with Crippen molar-refractivity contribution in [1.82, 2.24) is 9.47 Å². The van der Waals surface area contributed by atoms with E-state index in [0.29, 0.717) is 17.1 Å². The third-order valence-electron chi connectivity index (χ3n) is 2.93. The summed E-state index contributed by atoms with van der Waals surface area (Å²) in [6.07, 6.45) is 3.83. The molecule has 17 heavy (non-hydrogen) atoms. The van der Waals surface area contributed by atoms with Crippen molar-refractivity contribution in [3.05, 3.63) is 33.2 Å². The summed E-state index contributed by atoms with van der Waals surface area (Å²) in [4.78, 5) is 25.6. The molecule has 0 saturated heterocycles. The average Bonchev–Trinajstić information content (AvgIpc) is 3.10. The Hall–Kier alpha value is -1.10. The van der Waals surface area contributed by atoms with E-state index in [-0.39, 0.29) is 18.0 Å². The number of nitrogens with zero attached hydrogens (tertiary/aromatic N) is 2. The number of rotatable bonds is 4. The van der Waals surface area contributed by atoms with Gasteiger partial charge in [0.15, 0.2) is 0 Å². The van der Waals surface area contributed by atoms with Gasteiger partial charge in [0, 0.05) is 18.8 Å². The molecule has 1 amide bonds. The fourth-order valence-electron chi connectivity index (χ4n) is 1.89. The van der Waals surface area contributed by atoms with Gasteiger partial charge in [-0.25, -0.2) is 0 Å². The molecule has 0 radical (unpaired) electrons. The second-order valence-electron chi connectivity index (χ2n) is 4.20. The first-order chi connectivity index (χ1) is 8.13. The summed E-state index contributed by atoms with van der Waals surface area (Å²) in [5.41, 5.74) is -0.160. The molecule has 1 aromatic rings. The van der Waals surface area contributed by atoms with Crippen molar-refractivity contribution in [2.45, 2.75) is 32.4 Å². The van der Waals surface area contributed by atoms with Crippen LogP contribution in [0.1, 0.15) is 19.8 Å². The summed E-state index contributed by atoms with van der Waals surface area (Å²) in [6, 6.07) is 3.84. The van der Waals surface area contributed by atoms with Crippen LogP contribution in [-0.4, -0.2) is 28.0 Å². The molecule has 0 atom stereocenters. The molecule has 4 nitrogen and oxygen atoms in total. The number of halogens is 1. The maximum absolute atomic E-state index is 12.0. The van der Waals surface area contributed by atoms with Gasteiger partial charge in [-0.1, -0.05) is 0 Å². The predicted molar refractivity (Wildman–Crippen MR) is 68.8 cm³/mol. The Bertz CT molecular complexity index is 480. The first kappa shape index (κ1) is 12.4. The summed E-state index contributed by atoms with van der Waals surface area (Å²) in [5, 5.41) is 0. The van der Waals surface area contributed by atoms with Crippen LogP contribution in [0.25, 0.3) is 0 Å². The van der Waals surface area contributed by atoms with E-state index in [9.17, 15) is 9.59 Å². The smallest absolute Gasteiger partial charge is 0.265 e. The second-order valence-corrected chi connectivity index (χ2v) is 5.05. The number of likely N-dealkylation sites (N-methyl/N-ethyl adjacent to an activating group) is 1. The quantitative estimate of drug-likeness (QED) is 0.848. The van der Waals surface area contributed by atoms with Gasteiger partial charge in [-0.15, -0.1) is 0 Å². The predicted octanol–water partition coefficient (Wildman–Crippen LogP) is 1.62. The molecule has 92 valence electrons. The number of hydrogen-bond acceptors (Lipinski definition) is 2. The van der Waals surface area contributed by atoms with E-state index in [4.69, 9.17) is 0 Å². The normalized spacial score (nSPS) is 14.7. The summed E-state index contributed by atoms with van der Waals surface area (Å²) < 4.78 is 1.93. The zero-order chi connectivity index (χ0) is 12.4. The van der Waals surface area contributed by atoms with E-state index in [2.05, 4.69) is 15.9 Å². The molecule has 0 aromatic carbocycles. The maximum Gasteiger partial charge on any atom is 0.265 e. The number of carbonyl (C=O) groups is 1. The second kappa shape index (κ2) is 5.04. The van der Waals surface area contributed by atoms with Gasteiger partial charge < -0.3 is 9.47 Å². The monoisotopic (exact) mass is 298 g/mol. The third-order valence-corrected chi connectivity index (χ3v) is 3.53. The molecule has 0 bridgehead atoms. The van der Waals surface area contributed by atoms with Crippen LogP contribution in [0, 0.1) is 0 Å². The van der Waals surface area contributed by atoms with Gasteiger partial charge in [0.2, 0.25) is 5.91 Å². The highest BCUT2D eigenvalue weighted by Crippen LogP contribution is 2.26. The fraction of sp³-hybridized carbons (Fsp3) is 0.500. The molecular formula is C12H15BrN2O2. The molecule has 5 heteroatoms. The van der Waals surface area contributed by atoms with Crippen LogP contribution in [0.2, 0.25) is 0 Å². The Morgan fingerprint density at radius 2 is 2.29 bits per heavy atom. The van der Waals surface area contributed by atoms with Gasteiger partial charge >= 0.3 is 0 Å². The van der Waals surface area contributed by atoms with Crippen molar-refractivity contribution in [3.63, 3.8) is 0 Å². The van der Waals surface area contributed by atoms with E-state index in [1.54, 1.807) is 18.3 Å². The van der Waals surface area contributed by atoms with Gasteiger partial charge in [0.25, 0.3) is 5.56 Å². The van der Waals surface area contributed by atoms with Gasteiger partial charge in [-0.3, -0.25) is 9.59 Å². The van der Waals surface area contributed by atoms with Crippen LogP contribution in [0.4, 0.5) is 0 Å². The Morgan fingerprint density at radius 3 is 2.88 bits per heavy atom. The van der Waals surface area contributed by atoms with Crippen LogP contribution < -0.4 is 5.56 Å². The van der Waals surface area contributed by atoms with Gasteiger partial charge in [0.1, 0.15) is 6.54 Å². The lowest BCUT2D eigenvalue weighted by Gasteiger charge is -2.20. The lowest BCUT2D eigenvalue weighted by atomic mass is 10.4. The zero-order valence-corrected chi connectivity index (χ0v) is 11.3. The topological polar surface area (TPSA) is 42.3 Å². The molecule has 0 N–H and O–H groups in total. The van der Waals surface area contributed by atoms with E-state index < -0.39 is 0 Å². The van der Waals surface area contributed by atoms with E-state index in [0.717, 1.165) is 12.8 Å². The van der Waals surface area contributed by atoms with Crippen molar-refractivity contribution in [3.8, 4) is 0 Å².